The Balaban J connectivity index is 1.06. The molecule has 2 aromatic heterocycles. The minimum atomic E-state index is -0.147. The summed E-state index contributed by atoms with van der Waals surface area (Å²) in [5.74, 6) is 0. The van der Waals surface area contributed by atoms with Crippen molar-refractivity contribution in [2.45, 2.75) is 19.3 Å². The van der Waals surface area contributed by atoms with E-state index in [4.69, 9.17) is 4.42 Å². The minimum Gasteiger partial charge on any atom is -0.456 e. The highest BCUT2D eigenvalue weighted by molar-refractivity contribution is 7.26. The molecule has 0 saturated carbocycles. The molecular weight excluding hydrogens is 847 g/mol. The predicted molar refractivity (Wildman–Crippen MR) is 288 cm³/mol. The van der Waals surface area contributed by atoms with Crippen molar-refractivity contribution in [3.05, 3.63) is 248 Å². The first-order valence-corrected chi connectivity index (χ1v) is 24.1. The molecule has 12 aromatic rings. The lowest BCUT2D eigenvalue weighted by molar-refractivity contribution is 0.660. The number of nitrogens with zero attached hydrogens (tertiary/aromatic N) is 3. The van der Waals surface area contributed by atoms with Crippen molar-refractivity contribution in [3.63, 3.8) is 0 Å². The largest absolute Gasteiger partial charge is 0.456 e. The van der Waals surface area contributed by atoms with Crippen LogP contribution in [-0.2, 0) is 5.41 Å². The quantitative estimate of drug-likeness (QED) is 0.144. The molecule has 68 heavy (non-hydrogen) atoms. The predicted octanol–water partition coefficient (Wildman–Crippen LogP) is 18.7. The van der Waals surface area contributed by atoms with Gasteiger partial charge in [0.05, 0.1) is 5.69 Å². The number of furan rings is 1. The molecule has 324 valence electrons. The standard InChI is InChI=1S/C63H45N3OS/c1-63(2)55-29-17-15-27-50(55)51-34-31-48(39-56(51)63)65(43-21-9-4-10-22-43)49-40-57(66(44-23-11-5-12-24-44)45-25-13-6-14-26-45)62-54-38-47(33-36-60(54)68-61(62)41-49)64(42-19-7-3-8-20-42)46-32-35-59-53(37-46)52-28-16-18-30-58(52)67-59/h3-41H,1-2H3. The van der Waals surface area contributed by atoms with Crippen LogP contribution in [0.3, 0.4) is 0 Å². The summed E-state index contributed by atoms with van der Waals surface area (Å²) in [4.78, 5) is 7.25. The van der Waals surface area contributed by atoms with Crippen molar-refractivity contribution >= 4 is 105 Å². The van der Waals surface area contributed by atoms with Gasteiger partial charge in [-0.1, -0.05) is 135 Å². The monoisotopic (exact) mass is 891 g/mol. The van der Waals surface area contributed by atoms with Crippen LogP contribution in [0, 0.1) is 0 Å². The summed E-state index contributed by atoms with van der Waals surface area (Å²) in [5.41, 5.74) is 16.7. The Labute approximate surface area is 399 Å². The molecule has 0 saturated heterocycles. The van der Waals surface area contributed by atoms with Gasteiger partial charge in [-0.2, -0.15) is 0 Å². The third kappa shape index (κ3) is 6.50. The molecule has 1 aliphatic carbocycles. The Morgan fingerprint density at radius 3 is 1.51 bits per heavy atom. The van der Waals surface area contributed by atoms with E-state index in [9.17, 15) is 0 Å². The fourth-order valence-electron chi connectivity index (χ4n) is 10.6. The highest BCUT2D eigenvalue weighted by atomic mass is 32.1. The van der Waals surface area contributed by atoms with Gasteiger partial charge in [-0.25, -0.2) is 0 Å². The smallest absolute Gasteiger partial charge is 0.135 e. The zero-order valence-corrected chi connectivity index (χ0v) is 38.5. The Bertz CT molecular complexity index is 3800. The molecule has 4 nitrogen and oxygen atoms in total. The van der Waals surface area contributed by atoms with E-state index in [0.717, 1.165) is 73.1 Å². The molecule has 0 N–H and O–H groups in total. The minimum absolute atomic E-state index is 0.147. The van der Waals surface area contributed by atoms with Gasteiger partial charge in [0.1, 0.15) is 11.2 Å². The van der Waals surface area contributed by atoms with Gasteiger partial charge in [-0.3, -0.25) is 0 Å². The number of thiophene rings is 1. The average Bonchev–Trinajstić information content (AvgIpc) is 4.02. The molecular formula is C63H45N3OS. The fraction of sp³-hybridized carbons (Fsp3) is 0.0476. The van der Waals surface area contributed by atoms with Crippen LogP contribution in [-0.4, -0.2) is 0 Å². The molecule has 5 heteroatoms. The summed E-state index contributed by atoms with van der Waals surface area (Å²) >= 11 is 1.85. The molecule has 0 radical (unpaired) electrons. The van der Waals surface area contributed by atoms with Gasteiger partial charge in [-0.05, 0) is 138 Å². The average molecular weight is 892 g/mol. The van der Waals surface area contributed by atoms with Gasteiger partial charge in [0.25, 0.3) is 0 Å². The summed E-state index contributed by atoms with van der Waals surface area (Å²) in [6, 6.07) is 85.7. The van der Waals surface area contributed by atoms with Gasteiger partial charge in [-0.15, -0.1) is 11.3 Å². The van der Waals surface area contributed by atoms with Gasteiger partial charge >= 0.3 is 0 Å². The first kappa shape index (κ1) is 39.9. The molecule has 0 amide bonds. The fourth-order valence-corrected chi connectivity index (χ4v) is 11.8. The third-order valence-electron chi connectivity index (χ3n) is 13.8. The van der Waals surface area contributed by atoms with Crippen LogP contribution in [0.15, 0.2) is 241 Å². The SMILES string of the molecule is CC1(C)c2ccccc2-c2ccc(N(c3ccccc3)c3cc(N(c4ccccc4)c4ccccc4)c4c(c3)sc3ccc(N(c5ccccc5)c5ccc6oc7ccccc7c6c5)cc34)cc21. The third-order valence-corrected chi connectivity index (χ3v) is 14.9. The number of anilines is 9. The highest BCUT2D eigenvalue weighted by Gasteiger charge is 2.36. The van der Waals surface area contributed by atoms with Gasteiger partial charge in [0.2, 0.25) is 0 Å². The maximum Gasteiger partial charge on any atom is 0.135 e. The van der Waals surface area contributed by atoms with E-state index in [2.05, 4.69) is 253 Å². The number of para-hydroxylation sites is 5. The Hall–Kier alpha value is -8.38. The summed E-state index contributed by atoms with van der Waals surface area (Å²) < 4.78 is 8.72. The van der Waals surface area contributed by atoms with Crippen molar-refractivity contribution in [2.24, 2.45) is 0 Å². The maximum atomic E-state index is 6.30. The summed E-state index contributed by atoms with van der Waals surface area (Å²) in [6.07, 6.45) is 0. The van der Waals surface area contributed by atoms with Crippen LogP contribution in [0.2, 0.25) is 0 Å². The van der Waals surface area contributed by atoms with Crippen LogP contribution in [0.1, 0.15) is 25.0 Å². The van der Waals surface area contributed by atoms with Crippen molar-refractivity contribution in [3.8, 4) is 11.1 Å². The second-order valence-electron chi connectivity index (χ2n) is 18.1. The van der Waals surface area contributed by atoms with E-state index >= 15 is 0 Å². The molecule has 13 rings (SSSR count). The topological polar surface area (TPSA) is 22.9 Å². The van der Waals surface area contributed by atoms with Crippen LogP contribution >= 0.6 is 11.3 Å². The molecule has 0 spiro atoms. The van der Waals surface area contributed by atoms with Crippen LogP contribution in [0.4, 0.5) is 51.2 Å². The number of rotatable bonds is 9. The lowest BCUT2D eigenvalue weighted by Crippen LogP contribution is -2.17. The van der Waals surface area contributed by atoms with E-state index < -0.39 is 0 Å². The first-order valence-electron chi connectivity index (χ1n) is 23.2. The highest BCUT2D eigenvalue weighted by Crippen LogP contribution is 2.53. The Kier molecular flexibility index (Phi) is 9.34. The van der Waals surface area contributed by atoms with E-state index in [0.29, 0.717) is 0 Å². The number of hydrogen-bond acceptors (Lipinski definition) is 5. The molecule has 10 aromatic carbocycles. The second-order valence-corrected chi connectivity index (χ2v) is 19.2. The van der Waals surface area contributed by atoms with Crippen LogP contribution in [0.25, 0.3) is 53.2 Å². The number of hydrogen-bond donors (Lipinski definition) is 0. The number of fused-ring (bicyclic) bond motifs is 9. The van der Waals surface area contributed by atoms with Crippen molar-refractivity contribution < 1.29 is 4.42 Å². The normalized spacial score (nSPS) is 12.7. The van der Waals surface area contributed by atoms with Gasteiger partial charge < -0.3 is 19.1 Å². The van der Waals surface area contributed by atoms with Gasteiger partial charge in [0, 0.05) is 81.9 Å². The van der Waals surface area contributed by atoms with Crippen molar-refractivity contribution in [1.29, 1.82) is 0 Å². The first-order chi connectivity index (χ1) is 33.5. The van der Waals surface area contributed by atoms with Gasteiger partial charge in [0.15, 0.2) is 0 Å². The molecule has 0 fully saturated rings. The molecule has 0 atom stereocenters. The van der Waals surface area contributed by atoms with E-state index in [-0.39, 0.29) is 5.41 Å². The van der Waals surface area contributed by atoms with Crippen molar-refractivity contribution in [1.82, 2.24) is 0 Å². The summed E-state index contributed by atoms with van der Waals surface area (Å²) in [6.45, 7) is 4.72. The molecule has 1 aliphatic rings. The molecule has 0 unspecified atom stereocenters. The van der Waals surface area contributed by atoms with E-state index in [1.54, 1.807) is 0 Å². The lowest BCUT2D eigenvalue weighted by Gasteiger charge is -2.31. The summed E-state index contributed by atoms with van der Waals surface area (Å²) in [5, 5.41) is 4.60. The summed E-state index contributed by atoms with van der Waals surface area (Å²) in [7, 11) is 0. The number of benzene rings is 10. The van der Waals surface area contributed by atoms with Crippen molar-refractivity contribution in [2.75, 3.05) is 14.7 Å². The molecule has 0 aliphatic heterocycles. The van der Waals surface area contributed by atoms with Crippen LogP contribution < -0.4 is 14.7 Å². The lowest BCUT2D eigenvalue weighted by atomic mass is 9.82. The maximum absolute atomic E-state index is 6.30. The molecule has 2 heterocycles. The zero-order valence-electron chi connectivity index (χ0n) is 37.7. The second kappa shape index (κ2) is 15.9. The Morgan fingerprint density at radius 2 is 0.838 bits per heavy atom. The molecule has 0 bridgehead atoms. The zero-order chi connectivity index (χ0) is 45.3. The Morgan fingerprint density at radius 1 is 0.338 bits per heavy atom. The van der Waals surface area contributed by atoms with E-state index in [1.165, 1.54) is 42.4 Å². The van der Waals surface area contributed by atoms with E-state index in [1.807, 2.05) is 23.5 Å². The van der Waals surface area contributed by atoms with Crippen LogP contribution in [0.5, 0.6) is 0 Å².